The van der Waals surface area contributed by atoms with Crippen molar-refractivity contribution in [2.75, 3.05) is 63.2 Å². The number of amides is 1. The molecule has 2 saturated heterocycles. The summed E-state index contributed by atoms with van der Waals surface area (Å²) in [4.78, 5) is 24.3. The molecule has 190 valence electrons. The molecule has 0 radical (unpaired) electrons. The minimum atomic E-state index is -3.66. The Morgan fingerprint density at radius 3 is 2.53 bits per heavy atom. The summed E-state index contributed by atoms with van der Waals surface area (Å²) in [6.07, 6.45) is 3.24. The fourth-order valence-corrected chi connectivity index (χ4v) is 6.78. The van der Waals surface area contributed by atoms with Crippen molar-refractivity contribution < 1.29 is 13.2 Å². The van der Waals surface area contributed by atoms with Gasteiger partial charge in [-0.2, -0.15) is 4.31 Å². The van der Waals surface area contributed by atoms with Gasteiger partial charge < -0.3 is 14.7 Å². The highest BCUT2D eigenvalue weighted by atomic mass is 32.2. The minimum absolute atomic E-state index is 0.0659. The van der Waals surface area contributed by atoms with Crippen LogP contribution >= 0.6 is 0 Å². The van der Waals surface area contributed by atoms with Gasteiger partial charge in [-0.3, -0.25) is 9.78 Å². The van der Waals surface area contributed by atoms with E-state index in [0.717, 1.165) is 41.8 Å². The van der Waals surface area contributed by atoms with Crippen LogP contribution < -0.4 is 9.80 Å². The van der Waals surface area contributed by atoms with Crippen molar-refractivity contribution in [3.63, 3.8) is 0 Å². The van der Waals surface area contributed by atoms with Crippen LogP contribution in [0.2, 0.25) is 0 Å². The number of anilines is 2. The van der Waals surface area contributed by atoms with Crippen LogP contribution in [0.5, 0.6) is 0 Å². The second-order valence-electron chi connectivity index (χ2n) is 9.75. The molecule has 3 aromatic rings. The summed E-state index contributed by atoms with van der Waals surface area (Å²) in [6, 6.07) is 17.1. The van der Waals surface area contributed by atoms with E-state index >= 15 is 0 Å². The van der Waals surface area contributed by atoms with Crippen LogP contribution in [-0.4, -0.2) is 81.9 Å². The Hall–Kier alpha value is -3.17. The normalized spacial score (nSPS) is 19.4. The molecular weight excluding hydrogens is 474 g/mol. The third kappa shape index (κ3) is 4.77. The highest BCUT2D eigenvalue weighted by Crippen LogP contribution is 2.29. The summed E-state index contributed by atoms with van der Waals surface area (Å²) in [5.41, 5.74) is 2.94. The molecule has 2 aliphatic heterocycles. The molecule has 1 unspecified atom stereocenters. The fourth-order valence-electron chi connectivity index (χ4n) is 5.22. The first-order valence-electron chi connectivity index (χ1n) is 12.5. The van der Waals surface area contributed by atoms with Gasteiger partial charge >= 0.3 is 0 Å². The minimum Gasteiger partial charge on any atom is -0.378 e. The average Bonchev–Trinajstić information content (AvgIpc) is 2.92. The molecule has 0 spiro atoms. The summed E-state index contributed by atoms with van der Waals surface area (Å²) in [5.74, 6) is -0.241. The van der Waals surface area contributed by atoms with E-state index in [4.69, 9.17) is 0 Å². The molecule has 3 heterocycles. The zero-order chi connectivity index (χ0) is 25.3. The molecular formula is C27H33N5O3S. The fraction of sp³-hybridized carbons (Fsp3) is 0.407. The summed E-state index contributed by atoms with van der Waals surface area (Å²) in [7, 11) is 0.115. The Morgan fingerprint density at radius 1 is 0.972 bits per heavy atom. The van der Waals surface area contributed by atoms with Crippen molar-refractivity contribution in [2.24, 2.45) is 5.92 Å². The molecule has 8 nitrogen and oxygen atoms in total. The molecule has 0 N–H and O–H groups in total. The van der Waals surface area contributed by atoms with E-state index in [1.165, 1.54) is 4.31 Å². The van der Waals surface area contributed by atoms with Gasteiger partial charge in [-0.05, 0) is 43.2 Å². The lowest BCUT2D eigenvalue weighted by molar-refractivity contribution is -0.137. The number of piperazine rings is 1. The molecule has 2 aliphatic rings. The number of nitrogens with zero attached hydrogens (tertiary/aromatic N) is 5. The van der Waals surface area contributed by atoms with Crippen LogP contribution in [0.4, 0.5) is 11.4 Å². The quantitative estimate of drug-likeness (QED) is 0.528. The maximum absolute atomic E-state index is 13.4. The molecule has 0 bridgehead atoms. The monoisotopic (exact) mass is 507 g/mol. The summed E-state index contributed by atoms with van der Waals surface area (Å²) in [6.45, 7) is 3.43. The zero-order valence-electron chi connectivity index (χ0n) is 20.9. The molecule has 2 aromatic carbocycles. The molecule has 36 heavy (non-hydrogen) atoms. The molecule has 0 saturated carbocycles. The zero-order valence-corrected chi connectivity index (χ0v) is 21.7. The Labute approximate surface area is 213 Å². The molecule has 9 heteroatoms. The highest BCUT2D eigenvalue weighted by molar-refractivity contribution is 7.89. The lowest BCUT2D eigenvalue weighted by Crippen LogP contribution is -2.53. The van der Waals surface area contributed by atoms with Crippen molar-refractivity contribution in [3.8, 4) is 0 Å². The smallest absolute Gasteiger partial charge is 0.243 e. The first-order chi connectivity index (χ1) is 17.3. The number of piperidine rings is 1. The van der Waals surface area contributed by atoms with E-state index < -0.39 is 10.0 Å². The largest absolute Gasteiger partial charge is 0.378 e. The lowest BCUT2D eigenvalue weighted by atomic mass is 9.97. The third-order valence-electron chi connectivity index (χ3n) is 7.26. The van der Waals surface area contributed by atoms with E-state index in [2.05, 4.69) is 16.0 Å². The number of carbonyl (C=O) groups excluding carboxylic acids is 1. The van der Waals surface area contributed by atoms with Crippen LogP contribution in [0.15, 0.2) is 65.7 Å². The van der Waals surface area contributed by atoms with Crippen LogP contribution in [0, 0.1) is 5.92 Å². The van der Waals surface area contributed by atoms with Gasteiger partial charge in [0.1, 0.15) is 0 Å². The average molecular weight is 508 g/mol. The number of aromatic nitrogens is 1. The number of sulfonamides is 1. The van der Waals surface area contributed by atoms with E-state index in [-0.39, 0.29) is 23.3 Å². The number of carbonyl (C=O) groups is 1. The van der Waals surface area contributed by atoms with Crippen LogP contribution in [0.1, 0.15) is 12.8 Å². The molecule has 1 aromatic heterocycles. The van der Waals surface area contributed by atoms with Gasteiger partial charge in [-0.1, -0.05) is 24.3 Å². The number of hydrogen-bond donors (Lipinski definition) is 0. The van der Waals surface area contributed by atoms with Crippen molar-refractivity contribution in [3.05, 3.63) is 60.8 Å². The van der Waals surface area contributed by atoms with Gasteiger partial charge in [0.2, 0.25) is 15.9 Å². The second-order valence-corrected chi connectivity index (χ2v) is 11.7. The van der Waals surface area contributed by atoms with Crippen molar-refractivity contribution in [2.45, 2.75) is 17.7 Å². The predicted molar refractivity (Wildman–Crippen MR) is 143 cm³/mol. The number of benzene rings is 2. The Morgan fingerprint density at radius 2 is 1.75 bits per heavy atom. The summed E-state index contributed by atoms with van der Waals surface area (Å²) in [5, 5.41) is 1.12. The van der Waals surface area contributed by atoms with Crippen LogP contribution in [0.3, 0.4) is 0 Å². The Bertz CT molecular complexity index is 1350. The molecule has 1 amide bonds. The molecule has 5 rings (SSSR count). The lowest BCUT2D eigenvalue weighted by Gasteiger charge is -2.39. The van der Waals surface area contributed by atoms with Crippen molar-refractivity contribution in [1.82, 2.24) is 14.2 Å². The van der Waals surface area contributed by atoms with Crippen LogP contribution in [-0.2, 0) is 14.8 Å². The van der Waals surface area contributed by atoms with E-state index in [1.807, 2.05) is 60.4 Å². The Balaban J connectivity index is 1.25. The predicted octanol–water partition coefficient (Wildman–Crippen LogP) is 3.05. The van der Waals surface area contributed by atoms with Gasteiger partial charge in [0.15, 0.2) is 0 Å². The molecule has 1 atom stereocenters. The third-order valence-corrected chi connectivity index (χ3v) is 9.12. The summed E-state index contributed by atoms with van der Waals surface area (Å²) >= 11 is 0. The van der Waals surface area contributed by atoms with Gasteiger partial charge in [0.05, 0.1) is 16.3 Å². The van der Waals surface area contributed by atoms with E-state index in [0.29, 0.717) is 26.1 Å². The van der Waals surface area contributed by atoms with Gasteiger partial charge in [0, 0.05) is 76.3 Å². The first-order valence-corrected chi connectivity index (χ1v) is 13.9. The number of hydrogen-bond acceptors (Lipinski definition) is 6. The maximum Gasteiger partial charge on any atom is 0.243 e. The van der Waals surface area contributed by atoms with Crippen molar-refractivity contribution in [1.29, 1.82) is 0 Å². The highest BCUT2D eigenvalue weighted by Gasteiger charge is 2.36. The number of pyridine rings is 1. The SMILES string of the molecule is CN(C)c1cccc(S(=O)(=O)N2CCCC(C(=O)N3CCN(c4ccnc5ccccc45)CC3)C2)c1. The van der Waals surface area contributed by atoms with Crippen molar-refractivity contribution >= 4 is 38.2 Å². The van der Waals surface area contributed by atoms with E-state index in [9.17, 15) is 13.2 Å². The standard InChI is InChI=1S/C27H33N5O3S/c1-29(2)22-8-5-9-23(19-22)36(34,35)32-14-6-7-21(20-32)27(33)31-17-15-30(16-18-31)26-12-13-28-25-11-4-3-10-24(25)26/h3-5,8-13,19,21H,6-7,14-18,20H2,1-2H3. The maximum atomic E-state index is 13.4. The number of fused-ring (bicyclic) bond motifs is 1. The second kappa shape index (κ2) is 10.1. The van der Waals surface area contributed by atoms with Gasteiger partial charge in [-0.25, -0.2) is 8.42 Å². The van der Waals surface area contributed by atoms with Crippen LogP contribution in [0.25, 0.3) is 10.9 Å². The molecule has 0 aliphatic carbocycles. The number of rotatable bonds is 5. The van der Waals surface area contributed by atoms with Gasteiger partial charge in [-0.15, -0.1) is 0 Å². The topological polar surface area (TPSA) is 77.1 Å². The Kier molecular flexibility index (Phi) is 6.85. The van der Waals surface area contributed by atoms with E-state index in [1.54, 1.807) is 18.2 Å². The van der Waals surface area contributed by atoms with Gasteiger partial charge in [0.25, 0.3) is 0 Å². The summed E-state index contributed by atoms with van der Waals surface area (Å²) < 4.78 is 28.3. The number of para-hydroxylation sites is 1. The molecule has 2 fully saturated rings. The first kappa shape index (κ1) is 24.5.